The molecule has 110 valence electrons. The fourth-order valence-corrected chi connectivity index (χ4v) is 2.59. The Hall–Kier alpha value is -2.14. The fraction of sp³-hybridized carbons (Fsp3) is 0.375. The predicted molar refractivity (Wildman–Crippen MR) is 81.1 cm³/mol. The normalized spacial score (nSPS) is 18.4. The molecule has 1 saturated heterocycles. The van der Waals surface area contributed by atoms with Crippen LogP contribution >= 0.6 is 0 Å². The second-order valence-corrected chi connectivity index (χ2v) is 5.42. The van der Waals surface area contributed by atoms with Crippen LogP contribution in [0.1, 0.15) is 28.8 Å². The number of nitrogens with zero attached hydrogens (tertiary/aromatic N) is 2. The molecule has 2 heterocycles. The third-order valence-corrected chi connectivity index (χ3v) is 3.75. The van der Waals surface area contributed by atoms with Crippen molar-refractivity contribution in [2.75, 3.05) is 13.1 Å². The molecule has 1 aromatic heterocycles. The summed E-state index contributed by atoms with van der Waals surface area (Å²) in [6, 6.07) is 9.87. The Balaban J connectivity index is 1.59. The van der Waals surface area contributed by atoms with Gasteiger partial charge in [0.25, 0.3) is 5.91 Å². The van der Waals surface area contributed by atoms with Crippen molar-refractivity contribution in [1.82, 2.24) is 20.4 Å². The smallest absolute Gasteiger partial charge is 0.251 e. The zero-order valence-electron chi connectivity index (χ0n) is 12.0. The molecule has 5 heteroatoms. The van der Waals surface area contributed by atoms with Crippen molar-refractivity contribution < 1.29 is 4.79 Å². The van der Waals surface area contributed by atoms with Gasteiger partial charge in [-0.2, -0.15) is 5.10 Å². The van der Waals surface area contributed by atoms with Gasteiger partial charge in [-0.05, 0) is 43.1 Å². The minimum absolute atomic E-state index is 0.00865. The number of benzene rings is 1. The molecule has 0 bridgehead atoms. The molecule has 5 nitrogen and oxygen atoms in total. The molecule has 3 rings (SSSR count). The van der Waals surface area contributed by atoms with E-state index in [4.69, 9.17) is 0 Å². The molecule has 0 saturated carbocycles. The molecular weight excluding hydrogens is 264 g/mol. The molecule has 0 spiro atoms. The van der Waals surface area contributed by atoms with Gasteiger partial charge in [-0.15, -0.1) is 0 Å². The van der Waals surface area contributed by atoms with Gasteiger partial charge < -0.3 is 10.6 Å². The summed E-state index contributed by atoms with van der Waals surface area (Å²) < 4.78 is 1.86. The summed E-state index contributed by atoms with van der Waals surface area (Å²) in [5.41, 5.74) is 1.85. The van der Waals surface area contributed by atoms with Crippen LogP contribution < -0.4 is 10.6 Å². The highest BCUT2D eigenvalue weighted by Crippen LogP contribution is 2.08. The van der Waals surface area contributed by atoms with Crippen LogP contribution in [0.4, 0.5) is 0 Å². The average Bonchev–Trinajstić information content (AvgIpc) is 3.02. The first-order valence-corrected chi connectivity index (χ1v) is 7.39. The van der Waals surface area contributed by atoms with Crippen LogP contribution in [0.3, 0.4) is 0 Å². The first-order valence-electron chi connectivity index (χ1n) is 7.39. The van der Waals surface area contributed by atoms with E-state index < -0.39 is 0 Å². The Bertz CT molecular complexity index is 571. The number of carbonyl (C=O) groups excluding carboxylic acids is 1. The molecule has 0 radical (unpaired) electrons. The van der Waals surface area contributed by atoms with Gasteiger partial charge in [0.15, 0.2) is 0 Å². The number of rotatable bonds is 4. The Morgan fingerprint density at radius 1 is 1.38 bits per heavy atom. The molecule has 21 heavy (non-hydrogen) atoms. The van der Waals surface area contributed by atoms with Crippen molar-refractivity contribution in [2.45, 2.75) is 25.4 Å². The lowest BCUT2D eigenvalue weighted by Gasteiger charge is -2.23. The maximum Gasteiger partial charge on any atom is 0.251 e. The lowest BCUT2D eigenvalue weighted by Crippen LogP contribution is -2.45. The maximum atomic E-state index is 12.2. The molecule has 1 aliphatic rings. The van der Waals surface area contributed by atoms with Gasteiger partial charge in [-0.25, -0.2) is 0 Å². The summed E-state index contributed by atoms with van der Waals surface area (Å²) in [5, 5.41) is 10.6. The molecule has 1 unspecified atom stereocenters. The van der Waals surface area contributed by atoms with Gasteiger partial charge in [0.1, 0.15) is 0 Å². The van der Waals surface area contributed by atoms with Gasteiger partial charge in [0.05, 0.1) is 6.54 Å². The van der Waals surface area contributed by atoms with Crippen molar-refractivity contribution >= 4 is 5.91 Å². The Labute approximate surface area is 124 Å². The zero-order chi connectivity index (χ0) is 14.5. The molecule has 2 aromatic rings. The predicted octanol–water partition coefficient (Wildman–Crippen LogP) is 1.41. The number of hydrogen-bond donors (Lipinski definition) is 2. The minimum atomic E-state index is 0.00865. The van der Waals surface area contributed by atoms with Crippen LogP contribution in [0.25, 0.3) is 0 Å². The van der Waals surface area contributed by atoms with E-state index in [1.807, 2.05) is 41.2 Å². The van der Waals surface area contributed by atoms with Crippen molar-refractivity contribution in [2.24, 2.45) is 0 Å². The number of piperidine rings is 1. The van der Waals surface area contributed by atoms with Gasteiger partial charge in [-0.1, -0.05) is 12.1 Å². The second kappa shape index (κ2) is 6.54. The van der Waals surface area contributed by atoms with E-state index in [-0.39, 0.29) is 11.9 Å². The standard InChI is InChI=1S/C16H20N4O/c21-16(19-15-3-1-8-17-11-15)14-6-4-13(5-7-14)12-20-10-2-9-18-20/h2,4-7,9-10,15,17H,1,3,8,11-12H2,(H,19,21). The van der Waals surface area contributed by atoms with Crippen LogP contribution in [0.5, 0.6) is 0 Å². The lowest BCUT2D eigenvalue weighted by atomic mass is 10.1. The van der Waals surface area contributed by atoms with Crippen LogP contribution in [0, 0.1) is 0 Å². The van der Waals surface area contributed by atoms with E-state index in [1.54, 1.807) is 6.20 Å². The topological polar surface area (TPSA) is 59.0 Å². The van der Waals surface area contributed by atoms with E-state index in [0.29, 0.717) is 5.56 Å². The lowest BCUT2D eigenvalue weighted by molar-refractivity contribution is 0.0930. The van der Waals surface area contributed by atoms with Gasteiger partial charge >= 0.3 is 0 Å². The Morgan fingerprint density at radius 3 is 2.90 bits per heavy atom. The molecule has 2 N–H and O–H groups in total. The number of hydrogen-bond acceptors (Lipinski definition) is 3. The summed E-state index contributed by atoms with van der Waals surface area (Å²) in [6.07, 6.45) is 5.86. The summed E-state index contributed by atoms with van der Waals surface area (Å²) >= 11 is 0. The zero-order valence-corrected chi connectivity index (χ0v) is 12.0. The van der Waals surface area contributed by atoms with E-state index in [9.17, 15) is 4.79 Å². The summed E-state index contributed by atoms with van der Waals surface area (Å²) in [6.45, 7) is 2.64. The highest BCUT2D eigenvalue weighted by atomic mass is 16.1. The highest BCUT2D eigenvalue weighted by molar-refractivity contribution is 5.94. The molecule has 1 aliphatic heterocycles. The number of aromatic nitrogens is 2. The second-order valence-electron chi connectivity index (χ2n) is 5.42. The number of nitrogens with one attached hydrogen (secondary N) is 2. The van der Waals surface area contributed by atoms with Crippen LogP contribution in [0.2, 0.25) is 0 Å². The Morgan fingerprint density at radius 2 is 2.24 bits per heavy atom. The number of amides is 1. The van der Waals surface area contributed by atoms with Crippen molar-refractivity contribution in [1.29, 1.82) is 0 Å². The minimum Gasteiger partial charge on any atom is -0.348 e. The monoisotopic (exact) mass is 284 g/mol. The first-order chi connectivity index (χ1) is 10.3. The van der Waals surface area contributed by atoms with Crippen LogP contribution in [-0.2, 0) is 6.54 Å². The van der Waals surface area contributed by atoms with E-state index in [1.165, 1.54) is 0 Å². The van der Waals surface area contributed by atoms with Crippen LogP contribution in [-0.4, -0.2) is 34.8 Å². The molecule has 1 atom stereocenters. The van der Waals surface area contributed by atoms with Crippen molar-refractivity contribution in [3.8, 4) is 0 Å². The van der Waals surface area contributed by atoms with Gasteiger partial charge in [0, 0.05) is 30.5 Å². The van der Waals surface area contributed by atoms with E-state index in [0.717, 1.165) is 38.0 Å². The quantitative estimate of drug-likeness (QED) is 0.892. The Kier molecular flexibility index (Phi) is 4.31. The van der Waals surface area contributed by atoms with Gasteiger partial charge in [0.2, 0.25) is 0 Å². The van der Waals surface area contributed by atoms with Crippen molar-refractivity contribution in [3.63, 3.8) is 0 Å². The SMILES string of the molecule is O=C(NC1CCCNC1)c1ccc(Cn2cccn2)cc1. The van der Waals surface area contributed by atoms with E-state index in [2.05, 4.69) is 15.7 Å². The highest BCUT2D eigenvalue weighted by Gasteiger charge is 2.16. The van der Waals surface area contributed by atoms with Gasteiger partial charge in [-0.3, -0.25) is 9.48 Å². The summed E-state index contributed by atoms with van der Waals surface area (Å²) in [5.74, 6) is 0.00865. The number of carbonyl (C=O) groups is 1. The van der Waals surface area contributed by atoms with Crippen LogP contribution in [0.15, 0.2) is 42.7 Å². The molecule has 1 amide bonds. The molecule has 1 aromatic carbocycles. The third-order valence-electron chi connectivity index (χ3n) is 3.75. The fourth-order valence-electron chi connectivity index (χ4n) is 2.59. The molecular formula is C16H20N4O. The largest absolute Gasteiger partial charge is 0.348 e. The maximum absolute atomic E-state index is 12.2. The van der Waals surface area contributed by atoms with E-state index >= 15 is 0 Å². The third kappa shape index (κ3) is 3.70. The average molecular weight is 284 g/mol. The molecule has 0 aliphatic carbocycles. The summed E-state index contributed by atoms with van der Waals surface area (Å²) in [7, 11) is 0. The first kappa shape index (κ1) is 13.8. The van der Waals surface area contributed by atoms with Crippen molar-refractivity contribution in [3.05, 3.63) is 53.9 Å². The molecule has 1 fully saturated rings. The summed E-state index contributed by atoms with van der Waals surface area (Å²) in [4.78, 5) is 12.2.